The number of methoxy groups -OCH3 is 1. The molecule has 0 fully saturated rings. The number of carbonyl (C=O) groups is 2. The number of nitrogens with two attached hydrogens (primary N) is 1. The number of ether oxygens (including phenoxy) is 1. The molecule has 1 heterocycles. The first-order chi connectivity index (χ1) is 6.56. The highest BCUT2D eigenvalue weighted by atomic mass is 16.5. The van der Waals surface area contributed by atoms with Crippen molar-refractivity contribution in [3.8, 4) is 0 Å². The predicted molar refractivity (Wildman–Crippen MR) is 48.5 cm³/mol. The summed E-state index contributed by atoms with van der Waals surface area (Å²) in [6.45, 7) is 0.395. The second-order valence-electron chi connectivity index (χ2n) is 2.78. The standard InChI is InChI=1S/C7H12N4O3/c1-10(7(13)14-2)6(12)11-4-3-5(8)9-11/h3-4H2,1-2H3,(H2,8,9). The molecule has 0 aromatic carbocycles. The Labute approximate surface area is 81.1 Å². The Balaban J connectivity index is 2.62. The minimum absolute atomic E-state index is 0.386. The van der Waals surface area contributed by atoms with Crippen LogP contribution in [0.1, 0.15) is 6.42 Å². The number of amidine groups is 1. The van der Waals surface area contributed by atoms with E-state index in [2.05, 4.69) is 9.84 Å². The third kappa shape index (κ3) is 1.93. The molecule has 0 radical (unpaired) electrons. The predicted octanol–water partition coefficient (Wildman–Crippen LogP) is -0.217. The van der Waals surface area contributed by atoms with Crippen molar-refractivity contribution in [2.75, 3.05) is 20.7 Å². The number of amides is 3. The Morgan fingerprint density at radius 1 is 1.64 bits per heavy atom. The first-order valence-corrected chi connectivity index (χ1v) is 4.02. The van der Waals surface area contributed by atoms with Gasteiger partial charge in [0.05, 0.1) is 13.7 Å². The van der Waals surface area contributed by atoms with Crippen LogP contribution in [-0.2, 0) is 4.74 Å². The Morgan fingerprint density at radius 2 is 2.29 bits per heavy atom. The van der Waals surface area contributed by atoms with Crippen molar-refractivity contribution in [1.82, 2.24) is 9.91 Å². The minimum atomic E-state index is -0.726. The summed E-state index contributed by atoms with van der Waals surface area (Å²) in [5.41, 5.74) is 5.39. The van der Waals surface area contributed by atoms with Crippen molar-refractivity contribution >= 4 is 18.0 Å². The smallest absolute Gasteiger partial charge is 0.417 e. The molecule has 78 valence electrons. The van der Waals surface area contributed by atoms with Crippen molar-refractivity contribution in [3.05, 3.63) is 0 Å². The molecule has 1 rings (SSSR count). The molecule has 0 bridgehead atoms. The Kier molecular flexibility index (Phi) is 2.90. The number of imide groups is 1. The van der Waals surface area contributed by atoms with Crippen LogP contribution in [0.3, 0.4) is 0 Å². The van der Waals surface area contributed by atoms with Gasteiger partial charge >= 0.3 is 12.1 Å². The number of rotatable bonds is 0. The maximum absolute atomic E-state index is 11.5. The van der Waals surface area contributed by atoms with Crippen LogP contribution in [-0.4, -0.2) is 48.6 Å². The van der Waals surface area contributed by atoms with Crippen molar-refractivity contribution in [2.24, 2.45) is 10.8 Å². The Hall–Kier alpha value is -1.79. The lowest BCUT2D eigenvalue weighted by Gasteiger charge is -2.18. The largest absolute Gasteiger partial charge is 0.452 e. The fourth-order valence-electron chi connectivity index (χ4n) is 1.00. The summed E-state index contributed by atoms with van der Waals surface area (Å²) in [6.07, 6.45) is -0.198. The van der Waals surface area contributed by atoms with Gasteiger partial charge in [-0.2, -0.15) is 5.10 Å². The molecule has 0 unspecified atom stereocenters. The van der Waals surface area contributed by atoms with E-state index < -0.39 is 12.1 Å². The number of carbonyl (C=O) groups excluding carboxylic acids is 2. The lowest BCUT2D eigenvalue weighted by molar-refractivity contribution is 0.125. The fourth-order valence-corrected chi connectivity index (χ4v) is 1.00. The van der Waals surface area contributed by atoms with E-state index in [1.165, 1.54) is 14.2 Å². The van der Waals surface area contributed by atoms with Crippen molar-refractivity contribution < 1.29 is 14.3 Å². The Morgan fingerprint density at radius 3 is 2.71 bits per heavy atom. The summed E-state index contributed by atoms with van der Waals surface area (Å²) < 4.78 is 4.38. The molecular weight excluding hydrogens is 188 g/mol. The lowest BCUT2D eigenvalue weighted by atomic mass is 10.4. The molecule has 0 aromatic rings. The molecule has 0 aliphatic carbocycles. The minimum Gasteiger partial charge on any atom is -0.452 e. The van der Waals surface area contributed by atoms with Crippen molar-refractivity contribution in [3.63, 3.8) is 0 Å². The molecule has 3 amide bonds. The molecule has 1 aliphatic heterocycles. The van der Waals surface area contributed by atoms with Crippen LogP contribution < -0.4 is 5.73 Å². The van der Waals surface area contributed by atoms with Gasteiger partial charge in [0.15, 0.2) is 0 Å². The summed E-state index contributed by atoms with van der Waals surface area (Å²) in [5, 5.41) is 4.89. The summed E-state index contributed by atoms with van der Waals surface area (Å²) in [6, 6.07) is -0.544. The van der Waals surface area contributed by atoms with E-state index in [1.54, 1.807) is 0 Å². The van der Waals surface area contributed by atoms with Crippen LogP contribution in [0.15, 0.2) is 5.10 Å². The van der Waals surface area contributed by atoms with Gasteiger partial charge in [0.2, 0.25) is 0 Å². The van der Waals surface area contributed by atoms with Gasteiger partial charge in [0.25, 0.3) is 0 Å². The molecule has 0 saturated carbocycles. The quantitative estimate of drug-likeness (QED) is 0.585. The molecule has 2 N–H and O–H groups in total. The van der Waals surface area contributed by atoms with Crippen LogP contribution in [0.4, 0.5) is 9.59 Å². The van der Waals surface area contributed by atoms with Gasteiger partial charge in [-0.1, -0.05) is 0 Å². The van der Waals surface area contributed by atoms with E-state index in [0.29, 0.717) is 18.8 Å². The zero-order valence-electron chi connectivity index (χ0n) is 8.06. The van der Waals surface area contributed by atoms with Crippen LogP contribution in [0.2, 0.25) is 0 Å². The Bertz CT molecular complexity index is 289. The third-order valence-corrected chi connectivity index (χ3v) is 1.79. The first-order valence-electron chi connectivity index (χ1n) is 4.02. The first kappa shape index (κ1) is 10.3. The zero-order chi connectivity index (χ0) is 10.7. The summed E-state index contributed by atoms with van der Waals surface area (Å²) in [5.74, 6) is 0.386. The molecule has 14 heavy (non-hydrogen) atoms. The number of nitrogens with zero attached hydrogens (tertiary/aromatic N) is 3. The number of urea groups is 1. The van der Waals surface area contributed by atoms with Gasteiger partial charge in [0, 0.05) is 13.5 Å². The SMILES string of the molecule is COC(=O)N(C)C(=O)N1CCC(N)=N1. The van der Waals surface area contributed by atoms with Crippen molar-refractivity contribution in [2.45, 2.75) is 6.42 Å². The number of hydrogen-bond donors (Lipinski definition) is 1. The zero-order valence-corrected chi connectivity index (χ0v) is 8.06. The summed E-state index contributed by atoms with van der Waals surface area (Å²) in [4.78, 5) is 23.3. The monoisotopic (exact) mass is 200 g/mol. The van der Waals surface area contributed by atoms with Gasteiger partial charge in [-0.15, -0.1) is 0 Å². The van der Waals surface area contributed by atoms with Crippen LogP contribution >= 0.6 is 0 Å². The second kappa shape index (κ2) is 3.95. The molecular formula is C7H12N4O3. The average molecular weight is 200 g/mol. The fraction of sp³-hybridized carbons (Fsp3) is 0.571. The normalized spacial score (nSPS) is 15.0. The molecule has 0 aromatic heterocycles. The van der Waals surface area contributed by atoms with E-state index in [9.17, 15) is 9.59 Å². The molecule has 0 spiro atoms. The molecule has 0 atom stereocenters. The van der Waals surface area contributed by atoms with Gasteiger partial charge < -0.3 is 10.5 Å². The van der Waals surface area contributed by atoms with Crippen molar-refractivity contribution in [1.29, 1.82) is 0 Å². The van der Waals surface area contributed by atoms with E-state index in [4.69, 9.17) is 5.73 Å². The highest BCUT2D eigenvalue weighted by Gasteiger charge is 2.26. The van der Waals surface area contributed by atoms with E-state index in [-0.39, 0.29) is 0 Å². The van der Waals surface area contributed by atoms with E-state index >= 15 is 0 Å². The highest BCUT2D eigenvalue weighted by Crippen LogP contribution is 2.06. The summed E-state index contributed by atoms with van der Waals surface area (Å²) >= 11 is 0. The molecule has 7 heteroatoms. The topological polar surface area (TPSA) is 88.2 Å². The van der Waals surface area contributed by atoms with Gasteiger partial charge in [-0.25, -0.2) is 19.5 Å². The molecule has 7 nitrogen and oxygen atoms in total. The van der Waals surface area contributed by atoms with Gasteiger partial charge in [0.1, 0.15) is 5.84 Å². The van der Waals surface area contributed by atoms with Crippen LogP contribution in [0, 0.1) is 0 Å². The third-order valence-electron chi connectivity index (χ3n) is 1.79. The van der Waals surface area contributed by atoms with E-state index in [0.717, 1.165) is 9.91 Å². The summed E-state index contributed by atoms with van der Waals surface area (Å²) in [7, 11) is 2.52. The number of hydrogen-bond acceptors (Lipinski definition) is 5. The molecule has 1 aliphatic rings. The number of hydrazone groups is 1. The van der Waals surface area contributed by atoms with E-state index in [1.807, 2.05) is 0 Å². The lowest BCUT2D eigenvalue weighted by Crippen LogP contribution is -2.40. The van der Waals surface area contributed by atoms with Crippen LogP contribution in [0.5, 0.6) is 0 Å². The average Bonchev–Trinajstić information content (AvgIpc) is 2.61. The second-order valence-corrected chi connectivity index (χ2v) is 2.78. The van der Waals surface area contributed by atoms with Gasteiger partial charge in [-0.05, 0) is 0 Å². The maximum Gasteiger partial charge on any atom is 0.417 e. The highest BCUT2D eigenvalue weighted by molar-refractivity contribution is 5.92. The van der Waals surface area contributed by atoms with Gasteiger partial charge in [-0.3, -0.25) is 0 Å². The molecule has 0 saturated heterocycles. The van der Waals surface area contributed by atoms with Crippen LogP contribution in [0.25, 0.3) is 0 Å². The maximum atomic E-state index is 11.5.